The third kappa shape index (κ3) is 5.50. The number of rotatable bonds is 9. The Morgan fingerprint density at radius 1 is 1.00 bits per heavy atom. The molecule has 1 aliphatic carbocycles. The topological polar surface area (TPSA) is 58.4 Å². The van der Waals surface area contributed by atoms with Crippen LogP contribution in [-0.2, 0) is 22.9 Å². The molecule has 0 N–H and O–H groups in total. The van der Waals surface area contributed by atoms with Gasteiger partial charge in [-0.3, -0.25) is 4.90 Å². The van der Waals surface area contributed by atoms with E-state index in [1.807, 2.05) is 48.7 Å². The zero-order chi connectivity index (χ0) is 21.1. The van der Waals surface area contributed by atoms with Crippen LogP contribution in [0.15, 0.2) is 41.7 Å². The molecule has 2 aromatic rings. The Bertz CT molecular complexity index is 927. The molecule has 164 valence electrons. The SMILES string of the molecule is CC(C)CS(=O)(=O)c1ncc(CN2CCN(CC3CC3)CC2)n1Cc1ccccc1. The zero-order valence-electron chi connectivity index (χ0n) is 18.2. The van der Waals surface area contributed by atoms with Crippen LogP contribution in [0.4, 0.5) is 0 Å². The molecule has 1 aliphatic heterocycles. The number of aromatic nitrogens is 2. The molecule has 2 aliphatic rings. The standard InChI is InChI=1S/C23H34N4O2S/c1-19(2)18-30(28,29)23-24-14-22(27(23)16-20-6-4-3-5-7-20)17-26-12-10-25(11-13-26)15-21-8-9-21/h3-7,14,19,21H,8-13,15-18H2,1-2H3. The fourth-order valence-electron chi connectivity index (χ4n) is 4.24. The Morgan fingerprint density at radius 2 is 1.67 bits per heavy atom. The second-order valence-corrected chi connectivity index (χ2v) is 11.2. The molecule has 1 saturated heterocycles. The molecule has 0 atom stereocenters. The molecule has 2 fully saturated rings. The minimum absolute atomic E-state index is 0.0693. The molecule has 0 spiro atoms. The number of hydrogen-bond donors (Lipinski definition) is 0. The van der Waals surface area contributed by atoms with E-state index in [-0.39, 0.29) is 16.8 Å². The fraction of sp³-hybridized carbons (Fsp3) is 0.609. The van der Waals surface area contributed by atoms with Gasteiger partial charge in [0.15, 0.2) is 0 Å². The van der Waals surface area contributed by atoms with Crippen LogP contribution in [0, 0.1) is 11.8 Å². The second-order valence-electron chi connectivity index (χ2n) is 9.30. The van der Waals surface area contributed by atoms with Crippen LogP contribution in [0.3, 0.4) is 0 Å². The lowest BCUT2D eigenvalue weighted by atomic mass is 10.2. The maximum atomic E-state index is 13.0. The lowest BCUT2D eigenvalue weighted by Gasteiger charge is -2.34. The minimum atomic E-state index is -3.42. The molecule has 1 aromatic heterocycles. The van der Waals surface area contributed by atoms with Crippen molar-refractivity contribution in [2.75, 3.05) is 38.5 Å². The van der Waals surface area contributed by atoms with Gasteiger partial charge in [0.1, 0.15) is 0 Å². The summed E-state index contributed by atoms with van der Waals surface area (Å²) in [6.45, 7) is 10.6. The lowest BCUT2D eigenvalue weighted by Crippen LogP contribution is -2.46. The van der Waals surface area contributed by atoms with Gasteiger partial charge in [-0.15, -0.1) is 0 Å². The summed E-state index contributed by atoms with van der Waals surface area (Å²) in [6, 6.07) is 10.1. The third-order valence-electron chi connectivity index (χ3n) is 5.98. The Kier molecular flexibility index (Phi) is 6.60. The van der Waals surface area contributed by atoms with Crippen molar-refractivity contribution in [1.29, 1.82) is 0 Å². The van der Waals surface area contributed by atoms with Gasteiger partial charge in [0.25, 0.3) is 0 Å². The molecule has 2 heterocycles. The van der Waals surface area contributed by atoms with E-state index in [0.29, 0.717) is 6.54 Å². The predicted molar refractivity (Wildman–Crippen MR) is 119 cm³/mol. The van der Waals surface area contributed by atoms with Crippen molar-refractivity contribution < 1.29 is 8.42 Å². The third-order valence-corrected chi connectivity index (χ3v) is 7.97. The van der Waals surface area contributed by atoms with Crippen LogP contribution in [0.5, 0.6) is 0 Å². The maximum Gasteiger partial charge on any atom is 0.228 e. The molecule has 1 saturated carbocycles. The summed E-state index contributed by atoms with van der Waals surface area (Å²) in [7, 11) is -3.42. The van der Waals surface area contributed by atoms with Crippen LogP contribution in [0.2, 0.25) is 0 Å². The molecule has 0 unspecified atom stereocenters. The first kappa shape index (κ1) is 21.5. The molecule has 7 heteroatoms. The molecule has 6 nitrogen and oxygen atoms in total. The Balaban J connectivity index is 1.51. The largest absolute Gasteiger partial charge is 0.313 e. The van der Waals surface area contributed by atoms with E-state index in [1.165, 1.54) is 19.4 Å². The smallest absolute Gasteiger partial charge is 0.228 e. The van der Waals surface area contributed by atoms with Crippen LogP contribution in [0.25, 0.3) is 0 Å². The lowest BCUT2D eigenvalue weighted by molar-refractivity contribution is 0.121. The number of benzene rings is 1. The molecule has 0 radical (unpaired) electrons. The fourth-order valence-corrected chi connectivity index (χ4v) is 6.00. The number of sulfone groups is 1. The van der Waals surface area contributed by atoms with E-state index in [9.17, 15) is 8.42 Å². The normalized spacial score (nSPS) is 18.9. The van der Waals surface area contributed by atoms with Crippen molar-refractivity contribution in [2.24, 2.45) is 11.8 Å². The minimum Gasteiger partial charge on any atom is -0.313 e. The number of piperazine rings is 1. The molecular weight excluding hydrogens is 396 g/mol. The number of hydrogen-bond acceptors (Lipinski definition) is 5. The Morgan fingerprint density at radius 3 is 2.30 bits per heavy atom. The second kappa shape index (κ2) is 9.20. The summed E-state index contributed by atoms with van der Waals surface area (Å²) in [5.41, 5.74) is 2.07. The first-order valence-corrected chi connectivity index (χ1v) is 12.8. The van der Waals surface area contributed by atoms with E-state index in [1.54, 1.807) is 6.20 Å². The summed E-state index contributed by atoms with van der Waals surface area (Å²) < 4.78 is 27.9. The maximum absolute atomic E-state index is 13.0. The van der Waals surface area contributed by atoms with E-state index in [2.05, 4.69) is 14.8 Å². The van der Waals surface area contributed by atoms with Gasteiger partial charge < -0.3 is 9.47 Å². The highest BCUT2D eigenvalue weighted by molar-refractivity contribution is 7.91. The molecule has 30 heavy (non-hydrogen) atoms. The first-order valence-electron chi connectivity index (χ1n) is 11.2. The van der Waals surface area contributed by atoms with Crippen LogP contribution in [-0.4, -0.2) is 66.2 Å². The highest BCUT2D eigenvalue weighted by Gasteiger charge is 2.28. The van der Waals surface area contributed by atoms with Gasteiger partial charge in [-0.25, -0.2) is 13.4 Å². The summed E-state index contributed by atoms with van der Waals surface area (Å²) in [6.07, 6.45) is 4.56. The van der Waals surface area contributed by atoms with Crippen LogP contribution in [0.1, 0.15) is 37.9 Å². The van der Waals surface area contributed by atoms with Crippen LogP contribution < -0.4 is 0 Å². The quantitative estimate of drug-likeness (QED) is 0.612. The van der Waals surface area contributed by atoms with Gasteiger partial charge in [0.05, 0.1) is 24.2 Å². The number of imidazole rings is 1. The van der Waals surface area contributed by atoms with Gasteiger partial charge >= 0.3 is 0 Å². The highest BCUT2D eigenvalue weighted by atomic mass is 32.2. The average Bonchev–Trinajstić information content (AvgIpc) is 3.43. The van der Waals surface area contributed by atoms with E-state index >= 15 is 0 Å². The van der Waals surface area contributed by atoms with Crippen LogP contribution >= 0.6 is 0 Å². The molecule has 0 amide bonds. The summed E-state index contributed by atoms with van der Waals surface area (Å²) >= 11 is 0. The highest BCUT2D eigenvalue weighted by Crippen LogP contribution is 2.30. The monoisotopic (exact) mass is 430 g/mol. The summed E-state index contributed by atoms with van der Waals surface area (Å²) in [5, 5.41) is 0.211. The summed E-state index contributed by atoms with van der Waals surface area (Å²) in [4.78, 5) is 9.41. The van der Waals surface area contributed by atoms with Crippen molar-refractivity contribution >= 4 is 9.84 Å². The Hall–Kier alpha value is -1.70. The van der Waals surface area contributed by atoms with Gasteiger partial charge in [0.2, 0.25) is 15.0 Å². The average molecular weight is 431 g/mol. The Labute approximate surface area is 180 Å². The van der Waals surface area contributed by atoms with Crippen molar-refractivity contribution in [3.63, 3.8) is 0 Å². The molecule has 0 bridgehead atoms. The molecular formula is C23H34N4O2S. The molecule has 4 rings (SSSR count). The van der Waals surface area contributed by atoms with E-state index < -0.39 is 9.84 Å². The van der Waals surface area contributed by atoms with Crippen molar-refractivity contribution in [1.82, 2.24) is 19.4 Å². The van der Waals surface area contributed by atoms with Gasteiger partial charge in [0, 0.05) is 39.3 Å². The van der Waals surface area contributed by atoms with Crippen molar-refractivity contribution in [3.8, 4) is 0 Å². The van der Waals surface area contributed by atoms with Gasteiger partial charge in [-0.2, -0.15) is 0 Å². The number of nitrogens with zero attached hydrogens (tertiary/aromatic N) is 4. The van der Waals surface area contributed by atoms with E-state index in [4.69, 9.17) is 0 Å². The van der Waals surface area contributed by atoms with Gasteiger partial charge in [-0.05, 0) is 30.2 Å². The summed E-state index contributed by atoms with van der Waals surface area (Å²) in [5.74, 6) is 1.12. The van der Waals surface area contributed by atoms with Crippen molar-refractivity contribution in [3.05, 3.63) is 47.8 Å². The first-order chi connectivity index (χ1) is 14.4. The van der Waals surface area contributed by atoms with Gasteiger partial charge in [-0.1, -0.05) is 44.2 Å². The zero-order valence-corrected chi connectivity index (χ0v) is 19.0. The predicted octanol–water partition coefficient (Wildman–Crippen LogP) is 2.89. The van der Waals surface area contributed by atoms with Crippen molar-refractivity contribution in [2.45, 2.75) is 44.9 Å². The molecule has 1 aromatic carbocycles. The van der Waals surface area contributed by atoms with E-state index in [0.717, 1.165) is 49.9 Å².